The van der Waals surface area contributed by atoms with Crippen LogP contribution < -0.4 is 5.32 Å². The molecule has 0 aliphatic rings. The quantitative estimate of drug-likeness (QED) is 0.464. The summed E-state index contributed by atoms with van der Waals surface area (Å²) in [4.78, 5) is 0. The molecule has 0 bridgehead atoms. The number of hydrogen-bond acceptors (Lipinski definition) is 1. The van der Waals surface area contributed by atoms with Crippen LogP contribution in [0.3, 0.4) is 0 Å². The van der Waals surface area contributed by atoms with E-state index in [9.17, 15) is 4.39 Å². The normalized spacial score (nSPS) is 10.7. The van der Waals surface area contributed by atoms with Gasteiger partial charge < -0.3 is 9.88 Å². The van der Waals surface area contributed by atoms with Gasteiger partial charge in [0.1, 0.15) is 5.82 Å². The van der Waals surface area contributed by atoms with E-state index >= 15 is 0 Å². The van der Waals surface area contributed by atoms with Crippen molar-refractivity contribution in [2.45, 2.75) is 19.6 Å². The fourth-order valence-corrected chi connectivity index (χ4v) is 3.32. The minimum Gasteiger partial charge on any atom is -0.343 e. The molecule has 0 saturated heterocycles. The van der Waals surface area contributed by atoms with E-state index in [0.29, 0.717) is 0 Å². The van der Waals surface area contributed by atoms with Gasteiger partial charge in [0.05, 0.1) is 0 Å². The molecule has 0 amide bonds. The number of para-hydroxylation sites is 1. The van der Waals surface area contributed by atoms with Crippen molar-refractivity contribution in [3.8, 4) is 0 Å². The van der Waals surface area contributed by atoms with Gasteiger partial charge in [-0.2, -0.15) is 0 Å². The van der Waals surface area contributed by atoms with E-state index in [4.69, 9.17) is 0 Å². The summed E-state index contributed by atoms with van der Waals surface area (Å²) >= 11 is 0. The second kappa shape index (κ2) is 8.85. The number of nitrogens with zero attached hydrogens (tertiary/aromatic N) is 1. The van der Waals surface area contributed by atoms with Gasteiger partial charge in [-0.05, 0) is 34.9 Å². The molecule has 4 heteroatoms. The molecule has 0 saturated carbocycles. The maximum atomic E-state index is 13.0. The van der Waals surface area contributed by atoms with Crippen molar-refractivity contribution in [3.63, 3.8) is 0 Å². The second-order valence-electron chi connectivity index (χ2n) is 6.52. The van der Waals surface area contributed by atoms with E-state index < -0.39 is 0 Å². The smallest absolute Gasteiger partial charge is 0.123 e. The molecule has 0 radical (unpaired) electrons. The first kappa shape index (κ1) is 19.2. The third-order valence-corrected chi connectivity index (χ3v) is 4.62. The summed E-state index contributed by atoms with van der Waals surface area (Å²) in [5.41, 5.74) is 4.90. The molecule has 0 spiro atoms. The number of rotatable bonds is 6. The molecule has 4 rings (SSSR count). The lowest BCUT2D eigenvalue weighted by molar-refractivity contribution is 0.625. The average molecular weight is 381 g/mol. The Morgan fingerprint density at radius 2 is 1.44 bits per heavy atom. The summed E-state index contributed by atoms with van der Waals surface area (Å²) in [6.45, 7) is 2.36. The molecule has 0 aliphatic heterocycles. The Morgan fingerprint density at radius 3 is 2.22 bits per heavy atom. The van der Waals surface area contributed by atoms with Gasteiger partial charge in [-0.25, -0.2) is 4.39 Å². The van der Waals surface area contributed by atoms with Gasteiger partial charge >= 0.3 is 0 Å². The van der Waals surface area contributed by atoms with Crippen molar-refractivity contribution in [2.24, 2.45) is 0 Å². The average Bonchev–Trinajstić information content (AvgIpc) is 3.02. The van der Waals surface area contributed by atoms with E-state index in [0.717, 1.165) is 25.2 Å². The molecule has 0 atom stereocenters. The Balaban J connectivity index is 0.00000210. The van der Waals surface area contributed by atoms with Gasteiger partial charge in [-0.15, -0.1) is 12.4 Å². The zero-order chi connectivity index (χ0) is 17.8. The third kappa shape index (κ3) is 4.57. The number of nitrogens with one attached hydrogen (secondary N) is 1. The van der Waals surface area contributed by atoms with Crippen LogP contribution in [0.1, 0.15) is 16.7 Å². The topological polar surface area (TPSA) is 17.0 Å². The molecule has 1 heterocycles. The minimum absolute atomic E-state index is 0. The lowest BCUT2D eigenvalue weighted by Gasteiger charge is -2.05. The molecule has 0 fully saturated rings. The van der Waals surface area contributed by atoms with E-state index in [1.165, 1.54) is 34.2 Å². The minimum atomic E-state index is -0.197. The fraction of sp³-hybridized carbons (Fsp3) is 0.130. The Hall–Kier alpha value is -2.62. The number of benzene rings is 3. The first-order valence-corrected chi connectivity index (χ1v) is 8.85. The third-order valence-electron chi connectivity index (χ3n) is 4.62. The zero-order valence-electron chi connectivity index (χ0n) is 14.9. The number of fused-ring (bicyclic) bond motifs is 1. The maximum absolute atomic E-state index is 13.0. The van der Waals surface area contributed by atoms with Gasteiger partial charge in [0.15, 0.2) is 0 Å². The van der Waals surface area contributed by atoms with E-state index in [2.05, 4.69) is 64.6 Å². The van der Waals surface area contributed by atoms with Crippen LogP contribution in [0.5, 0.6) is 0 Å². The van der Waals surface area contributed by atoms with Crippen LogP contribution in [0.15, 0.2) is 85.1 Å². The molecule has 1 aromatic heterocycles. The highest BCUT2D eigenvalue weighted by Gasteiger charge is 2.08. The van der Waals surface area contributed by atoms with Gasteiger partial charge in [-0.1, -0.05) is 60.7 Å². The van der Waals surface area contributed by atoms with Gasteiger partial charge in [-0.3, -0.25) is 0 Å². The Labute approximate surface area is 165 Å². The van der Waals surface area contributed by atoms with Crippen LogP contribution in [0, 0.1) is 5.82 Å². The molecule has 0 unspecified atom stereocenters. The van der Waals surface area contributed by atoms with Crippen LogP contribution in [-0.4, -0.2) is 4.57 Å². The molecule has 1 N–H and O–H groups in total. The number of aromatic nitrogens is 1. The maximum Gasteiger partial charge on any atom is 0.123 e. The van der Waals surface area contributed by atoms with Crippen molar-refractivity contribution >= 4 is 23.3 Å². The predicted molar refractivity (Wildman–Crippen MR) is 112 cm³/mol. The molecular formula is C23H22ClFN2. The molecular weight excluding hydrogens is 359 g/mol. The molecule has 4 aromatic rings. The van der Waals surface area contributed by atoms with E-state index in [1.807, 2.05) is 18.2 Å². The van der Waals surface area contributed by atoms with Crippen molar-refractivity contribution in [2.75, 3.05) is 0 Å². The second-order valence-corrected chi connectivity index (χ2v) is 6.52. The number of halogens is 2. The molecule has 138 valence electrons. The van der Waals surface area contributed by atoms with Gasteiger partial charge in [0.25, 0.3) is 0 Å². The van der Waals surface area contributed by atoms with Crippen LogP contribution in [0.25, 0.3) is 10.9 Å². The molecule has 0 aliphatic carbocycles. The Kier molecular flexibility index (Phi) is 6.28. The van der Waals surface area contributed by atoms with Gasteiger partial charge in [0.2, 0.25) is 0 Å². The highest BCUT2D eigenvalue weighted by Crippen LogP contribution is 2.22. The standard InChI is InChI=1S/C23H21FN2.ClH/c24-21-12-10-18(11-13-21)14-25-15-20-17-26(16-19-6-2-1-3-7-19)23-9-5-4-8-22(20)23;/h1-13,17,25H,14-16H2;1H. The summed E-state index contributed by atoms with van der Waals surface area (Å²) < 4.78 is 15.3. The highest BCUT2D eigenvalue weighted by atomic mass is 35.5. The largest absolute Gasteiger partial charge is 0.343 e. The van der Waals surface area contributed by atoms with Crippen LogP contribution in [0.2, 0.25) is 0 Å². The van der Waals surface area contributed by atoms with Crippen molar-refractivity contribution in [1.82, 2.24) is 9.88 Å². The van der Waals surface area contributed by atoms with Crippen LogP contribution in [0.4, 0.5) is 4.39 Å². The molecule has 2 nitrogen and oxygen atoms in total. The molecule has 27 heavy (non-hydrogen) atoms. The zero-order valence-corrected chi connectivity index (χ0v) is 15.8. The summed E-state index contributed by atoms with van der Waals surface area (Å²) in [6, 6.07) is 25.7. The summed E-state index contributed by atoms with van der Waals surface area (Å²) in [5.74, 6) is -0.197. The van der Waals surface area contributed by atoms with Crippen molar-refractivity contribution < 1.29 is 4.39 Å². The first-order chi connectivity index (χ1) is 12.8. The monoisotopic (exact) mass is 380 g/mol. The van der Waals surface area contributed by atoms with Gasteiger partial charge in [0, 0.05) is 36.7 Å². The van der Waals surface area contributed by atoms with Crippen LogP contribution in [-0.2, 0) is 19.6 Å². The Bertz CT molecular complexity index is 994. The molecule has 3 aromatic carbocycles. The van der Waals surface area contributed by atoms with E-state index in [-0.39, 0.29) is 18.2 Å². The van der Waals surface area contributed by atoms with Crippen molar-refractivity contribution in [1.29, 1.82) is 0 Å². The Morgan fingerprint density at radius 1 is 0.741 bits per heavy atom. The first-order valence-electron chi connectivity index (χ1n) is 8.85. The summed E-state index contributed by atoms with van der Waals surface area (Å²) in [6.07, 6.45) is 2.23. The number of hydrogen-bond donors (Lipinski definition) is 1. The fourth-order valence-electron chi connectivity index (χ4n) is 3.32. The predicted octanol–water partition coefficient (Wildman–Crippen LogP) is 5.54. The van der Waals surface area contributed by atoms with Crippen molar-refractivity contribution in [3.05, 3.63) is 108 Å². The summed E-state index contributed by atoms with van der Waals surface area (Å²) in [5, 5.41) is 4.74. The van der Waals surface area contributed by atoms with Crippen LogP contribution >= 0.6 is 12.4 Å². The lowest BCUT2D eigenvalue weighted by atomic mass is 10.1. The highest BCUT2D eigenvalue weighted by molar-refractivity contribution is 5.85. The SMILES string of the molecule is Cl.Fc1ccc(CNCc2cn(Cc3ccccc3)c3ccccc23)cc1. The van der Waals surface area contributed by atoms with E-state index in [1.54, 1.807) is 0 Å². The lowest BCUT2D eigenvalue weighted by Crippen LogP contribution is -2.12. The summed E-state index contributed by atoms with van der Waals surface area (Å²) in [7, 11) is 0.